The maximum atomic E-state index is 12.1. The van der Waals surface area contributed by atoms with Crippen LogP contribution in [0.25, 0.3) is 0 Å². The molecule has 0 radical (unpaired) electrons. The summed E-state index contributed by atoms with van der Waals surface area (Å²) in [4.78, 5) is 24.1. The lowest BCUT2D eigenvalue weighted by molar-refractivity contribution is -0.136. The van der Waals surface area contributed by atoms with Crippen LogP contribution in [0.2, 0.25) is 5.02 Å². The molecule has 0 spiro atoms. The number of rotatable bonds is 8. The van der Waals surface area contributed by atoms with Crippen molar-refractivity contribution in [3.05, 3.63) is 52.5 Å². The Labute approximate surface area is 170 Å². The third kappa shape index (κ3) is 6.16. The highest BCUT2D eigenvalue weighted by atomic mass is 35.5. The SMILES string of the molecule is CCOc1ccc(CCNC(=O)C(=O)Nc2cc(Cl)ccc2C)cc1OCC. The minimum absolute atomic E-state index is 0.320. The molecule has 0 atom stereocenters. The number of amides is 2. The van der Waals surface area contributed by atoms with Crippen LogP contribution < -0.4 is 20.1 Å². The van der Waals surface area contributed by atoms with Crippen LogP contribution in [0.5, 0.6) is 11.5 Å². The van der Waals surface area contributed by atoms with Crippen LogP contribution in [0.1, 0.15) is 25.0 Å². The summed E-state index contributed by atoms with van der Waals surface area (Å²) in [6.45, 7) is 7.05. The highest BCUT2D eigenvalue weighted by Crippen LogP contribution is 2.28. The number of halogens is 1. The highest BCUT2D eigenvalue weighted by Gasteiger charge is 2.14. The van der Waals surface area contributed by atoms with Gasteiger partial charge < -0.3 is 20.1 Å². The van der Waals surface area contributed by atoms with Crippen molar-refractivity contribution in [2.45, 2.75) is 27.2 Å². The first kappa shape index (κ1) is 21.6. The zero-order valence-corrected chi connectivity index (χ0v) is 17.1. The fourth-order valence-electron chi connectivity index (χ4n) is 2.56. The van der Waals surface area contributed by atoms with Crippen LogP contribution in [-0.4, -0.2) is 31.6 Å². The second-order valence-electron chi connectivity index (χ2n) is 6.07. The Balaban J connectivity index is 1.89. The molecule has 2 aromatic carbocycles. The molecule has 0 aliphatic rings. The van der Waals surface area contributed by atoms with E-state index in [2.05, 4.69) is 10.6 Å². The predicted molar refractivity (Wildman–Crippen MR) is 110 cm³/mol. The van der Waals surface area contributed by atoms with Crippen molar-refractivity contribution in [2.75, 3.05) is 25.1 Å². The predicted octanol–water partition coefficient (Wildman–Crippen LogP) is 3.74. The van der Waals surface area contributed by atoms with E-state index in [0.717, 1.165) is 11.1 Å². The molecule has 28 heavy (non-hydrogen) atoms. The van der Waals surface area contributed by atoms with Crippen LogP contribution in [0.4, 0.5) is 5.69 Å². The Morgan fingerprint density at radius 3 is 2.39 bits per heavy atom. The van der Waals surface area contributed by atoms with Gasteiger partial charge in [0.1, 0.15) is 0 Å². The van der Waals surface area contributed by atoms with Crippen molar-refractivity contribution in [1.29, 1.82) is 0 Å². The van der Waals surface area contributed by atoms with E-state index in [9.17, 15) is 9.59 Å². The van der Waals surface area contributed by atoms with Gasteiger partial charge in [-0.3, -0.25) is 9.59 Å². The van der Waals surface area contributed by atoms with Gasteiger partial charge >= 0.3 is 11.8 Å². The van der Waals surface area contributed by atoms with Gasteiger partial charge in [-0.25, -0.2) is 0 Å². The summed E-state index contributed by atoms with van der Waals surface area (Å²) in [6, 6.07) is 10.8. The Morgan fingerprint density at radius 2 is 1.68 bits per heavy atom. The van der Waals surface area contributed by atoms with E-state index in [1.54, 1.807) is 18.2 Å². The maximum Gasteiger partial charge on any atom is 0.313 e. The van der Waals surface area contributed by atoms with Crippen LogP contribution >= 0.6 is 11.6 Å². The lowest BCUT2D eigenvalue weighted by Crippen LogP contribution is -2.36. The number of carbonyl (C=O) groups excluding carboxylic acids is 2. The van der Waals surface area contributed by atoms with Gasteiger partial charge in [0.25, 0.3) is 0 Å². The standard InChI is InChI=1S/C21H25ClN2O4/c1-4-27-18-9-7-15(12-19(18)28-5-2)10-11-23-20(25)21(26)24-17-13-16(22)8-6-14(17)3/h6-9,12-13H,4-5,10-11H2,1-3H3,(H,23,25)(H,24,26). The van der Waals surface area contributed by atoms with Gasteiger partial charge in [-0.2, -0.15) is 0 Å². The monoisotopic (exact) mass is 404 g/mol. The quantitative estimate of drug-likeness (QED) is 0.657. The minimum atomic E-state index is -0.730. The van der Waals surface area contributed by atoms with Crippen molar-refractivity contribution in [3.63, 3.8) is 0 Å². The zero-order valence-electron chi connectivity index (χ0n) is 16.3. The second-order valence-corrected chi connectivity index (χ2v) is 6.50. The molecular formula is C21H25ClN2O4. The average Bonchev–Trinajstić information content (AvgIpc) is 2.67. The highest BCUT2D eigenvalue weighted by molar-refractivity contribution is 6.40. The first-order valence-corrected chi connectivity index (χ1v) is 9.56. The molecule has 0 aromatic heterocycles. The van der Waals surface area contributed by atoms with Gasteiger partial charge in [0, 0.05) is 17.3 Å². The fraction of sp³-hybridized carbons (Fsp3) is 0.333. The zero-order chi connectivity index (χ0) is 20.5. The lowest BCUT2D eigenvalue weighted by Gasteiger charge is -2.13. The number of benzene rings is 2. The van der Waals surface area contributed by atoms with Crippen LogP contribution in [0.15, 0.2) is 36.4 Å². The number of ether oxygens (including phenoxy) is 2. The molecule has 150 valence electrons. The number of hydrogen-bond acceptors (Lipinski definition) is 4. The van der Waals surface area contributed by atoms with Gasteiger partial charge in [-0.1, -0.05) is 23.7 Å². The van der Waals surface area contributed by atoms with Crippen molar-refractivity contribution >= 4 is 29.1 Å². The Bertz CT molecular complexity index is 839. The van der Waals surface area contributed by atoms with Gasteiger partial charge in [0.05, 0.1) is 13.2 Å². The minimum Gasteiger partial charge on any atom is -0.490 e. The van der Waals surface area contributed by atoms with E-state index >= 15 is 0 Å². The molecule has 0 aliphatic heterocycles. The summed E-state index contributed by atoms with van der Waals surface area (Å²) >= 11 is 5.93. The number of aryl methyl sites for hydroxylation is 1. The third-order valence-electron chi connectivity index (χ3n) is 3.96. The van der Waals surface area contributed by atoms with E-state index in [0.29, 0.717) is 48.4 Å². The summed E-state index contributed by atoms with van der Waals surface area (Å²) in [7, 11) is 0. The Morgan fingerprint density at radius 1 is 0.964 bits per heavy atom. The molecule has 6 nitrogen and oxygen atoms in total. The van der Waals surface area contributed by atoms with Gasteiger partial charge in [0.15, 0.2) is 11.5 Å². The Kier molecular flexibility index (Phi) is 8.14. The molecule has 2 rings (SSSR count). The van der Waals surface area contributed by atoms with E-state index in [1.807, 2.05) is 39.0 Å². The topological polar surface area (TPSA) is 76.7 Å². The summed E-state index contributed by atoms with van der Waals surface area (Å²) in [5.41, 5.74) is 2.31. The van der Waals surface area contributed by atoms with Gasteiger partial charge in [-0.15, -0.1) is 0 Å². The van der Waals surface area contributed by atoms with E-state index in [4.69, 9.17) is 21.1 Å². The largest absolute Gasteiger partial charge is 0.490 e. The van der Waals surface area contributed by atoms with Gasteiger partial charge in [-0.05, 0) is 62.6 Å². The van der Waals surface area contributed by atoms with E-state index in [1.165, 1.54) is 0 Å². The van der Waals surface area contributed by atoms with E-state index < -0.39 is 11.8 Å². The van der Waals surface area contributed by atoms with Crippen molar-refractivity contribution < 1.29 is 19.1 Å². The van der Waals surface area contributed by atoms with Crippen LogP contribution in [0, 0.1) is 6.92 Å². The smallest absolute Gasteiger partial charge is 0.313 e. The number of carbonyl (C=O) groups is 2. The van der Waals surface area contributed by atoms with Gasteiger partial charge in [0.2, 0.25) is 0 Å². The number of nitrogens with one attached hydrogen (secondary N) is 2. The molecule has 0 unspecified atom stereocenters. The van der Waals surface area contributed by atoms with Crippen LogP contribution in [0.3, 0.4) is 0 Å². The summed E-state index contributed by atoms with van der Waals surface area (Å²) in [5.74, 6) is -0.0711. The molecule has 0 saturated carbocycles. The number of hydrogen-bond donors (Lipinski definition) is 2. The molecule has 7 heteroatoms. The normalized spacial score (nSPS) is 10.3. The number of anilines is 1. The third-order valence-corrected chi connectivity index (χ3v) is 4.20. The molecular weight excluding hydrogens is 380 g/mol. The maximum absolute atomic E-state index is 12.1. The van der Waals surface area contributed by atoms with Crippen molar-refractivity contribution in [3.8, 4) is 11.5 Å². The second kappa shape index (κ2) is 10.6. The first-order chi connectivity index (χ1) is 13.4. The van der Waals surface area contributed by atoms with E-state index in [-0.39, 0.29) is 0 Å². The first-order valence-electron chi connectivity index (χ1n) is 9.18. The van der Waals surface area contributed by atoms with Crippen molar-refractivity contribution in [1.82, 2.24) is 5.32 Å². The Hall–Kier alpha value is -2.73. The molecule has 0 fully saturated rings. The molecule has 0 aliphatic carbocycles. The summed E-state index contributed by atoms with van der Waals surface area (Å²) < 4.78 is 11.1. The molecule has 2 aromatic rings. The average molecular weight is 405 g/mol. The summed E-state index contributed by atoms with van der Waals surface area (Å²) in [5, 5.41) is 5.68. The van der Waals surface area contributed by atoms with Crippen molar-refractivity contribution in [2.24, 2.45) is 0 Å². The van der Waals surface area contributed by atoms with Crippen LogP contribution in [-0.2, 0) is 16.0 Å². The molecule has 0 bridgehead atoms. The lowest BCUT2D eigenvalue weighted by atomic mass is 10.1. The fourth-order valence-corrected chi connectivity index (χ4v) is 2.73. The molecule has 0 saturated heterocycles. The molecule has 2 N–H and O–H groups in total. The molecule has 2 amide bonds. The molecule has 0 heterocycles. The summed E-state index contributed by atoms with van der Waals surface area (Å²) in [6.07, 6.45) is 0.557.